The molecule has 0 aromatic heterocycles. The topological polar surface area (TPSA) is 84.7 Å². The van der Waals surface area contributed by atoms with Gasteiger partial charge in [-0.15, -0.1) is 0 Å². The maximum Gasteiger partial charge on any atom is 0.282 e. The summed E-state index contributed by atoms with van der Waals surface area (Å²) in [4.78, 5) is 24.4. The highest BCUT2D eigenvalue weighted by molar-refractivity contribution is 8.12. The maximum atomic E-state index is 12.2. The van der Waals surface area contributed by atoms with E-state index in [1.165, 1.54) is 23.9 Å². The first-order chi connectivity index (χ1) is 13.1. The smallest absolute Gasteiger partial charge is 0.282 e. The van der Waals surface area contributed by atoms with Crippen molar-refractivity contribution in [2.24, 2.45) is 0 Å². The van der Waals surface area contributed by atoms with Gasteiger partial charge in [-0.25, -0.2) is 0 Å². The van der Waals surface area contributed by atoms with Crippen LogP contribution >= 0.6 is 11.8 Å². The minimum atomic E-state index is -0.419. The number of non-ortho nitro benzene ring substituents is 1. The van der Waals surface area contributed by atoms with Gasteiger partial charge in [0.05, 0.1) is 4.92 Å². The second kappa shape index (κ2) is 9.38. The summed E-state index contributed by atoms with van der Waals surface area (Å²) in [7, 11) is 0. The van der Waals surface area contributed by atoms with E-state index >= 15 is 0 Å². The zero-order chi connectivity index (χ0) is 19.1. The second-order valence-corrected chi connectivity index (χ2v) is 7.08. The zero-order valence-electron chi connectivity index (χ0n) is 14.8. The number of hydrogen-bond donors (Lipinski definition) is 1. The van der Waals surface area contributed by atoms with Crippen LogP contribution in [0, 0.1) is 10.1 Å². The summed E-state index contributed by atoms with van der Waals surface area (Å²) in [5, 5.41) is 14.2. The van der Waals surface area contributed by atoms with Crippen molar-refractivity contribution in [3.63, 3.8) is 0 Å². The van der Waals surface area contributed by atoms with Crippen molar-refractivity contribution in [3.05, 3.63) is 69.8 Å². The Morgan fingerprint density at radius 1 is 1.15 bits per heavy atom. The number of ether oxygens (including phenoxy) is 1. The molecule has 1 amide bonds. The fraction of sp³-hybridized carbons (Fsp3) is 0.316. The summed E-state index contributed by atoms with van der Waals surface area (Å²) < 4.78 is 5.69. The molecule has 7 nitrogen and oxygen atoms in total. The first-order valence-electron chi connectivity index (χ1n) is 8.69. The van der Waals surface area contributed by atoms with Crippen LogP contribution in [0.5, 0.6) is 5.75 Å². The summed E-state index contributed by atoms with van der Waals surface area (Å²) in [6.45, 7) is 3.48. The number of nitrogens with zero attached hydrogens (tertiary/aromatic N) is 2. The largest absolute Gasteiger partial charge is 0.489 e. The molecule has 1 fully saturated rings. The number of rotatable bonds is 6. The Hall–Kier alpha value is -2.58. The van der Waals surface area contributed by atoms with E-state index in [1.807, 2.05) is 29.2 Å². The van der Waals surface area contributed by atoms with E-state index in [-0.39, 0.29) is 17.5 Å². The first kappa shape index (κ1) is 19.2. The van der Waals surface area contributed by atoms with Crippen LogP contribution in [0.3, 0.4) is 0 Å². The fourth-order valence-corrected chi connectivity index (χ4v) is 3.54. The summed E-state index contributed by atoms with van der Waals surface area (Å²) in [5.41, 5.74) is 1.84. The van der Waals surface area contributed by atoms with Crippen LogP contribution in [-0.4, -0.2) is 41.2 Å². The lowest BCUT2D eigenvalue weighted by molar-refractivity contribution is -0.384. The predicted octanol–water partition coefficient (Wildman–Crippen LogP) is 3.43. The Morgan fingerprint density at radius 3 is 2.59 bits per heavy atom. The molecule has 1 saturated heterocycles. The lowest BCUT2D eigenvalue weighted by atomic mass is 10.2. The maximum absolute atomic E-state index is 12.2. The van der Waals surface area contributed by atoms with Crippen LogP contribution < -0.4 is 10.1 Å². The molecule has 0 radical (unpaired) electrons. The third-order valence-electron chi connectivity index (χ3n) is 4.19. The summed E-state index contributed by atoms with van der Waals surface area (Å²) >= 11 is 1.31. The molecule has 8 heteroatoms. The molecule has 2 aromatic carbocycles. The third kappa shape index (κ3) is 5.70. The molecule has 0 saturated carbocycles. The van der Waals surface area contributed by atoms with Crippen LogP contribution in [0.15, 0.2) is 48.5 Å². The molecular weight excluding hydrogens is 366 g/mol. The number of carbonyl (C=O) groups is 1. The number of nitro groups is 1. The van der Waals surface area contributed by atoms with Crippen LogP contribution in [0.2, 0.25) is 0 Å². The number of benzene rings is 2. The Morgan fingerprint density at radius 2 is 1.89 bits per heavy atom. The van der Waals surface area contributed by atoms with Crippen LogP contribution in [-0.2, 0) is 12.4 Å². The van der Waals surface area contributed by atoms with Crippen molar-refractivity contribution >= 4 is 22.7 Å². The molecule has 1 heterocycles. The van der Waals surface area contributed by atoms with E-state index in [9.17, 15) is 14.9 Å². The van der Waals surface area contributed by atoms with E-state index in [0.717, 1.165) is 37.3 Å². The van der Waals surface area contributed by atoms with Crippen molar-refractivity contribution in [3.8, 4) is 5.75 Å². The molecule has 0 unspecified atom stereocenters. The Balaban J connectivity index is 1.47. The number of nitrogens with one attached hydrogen (secondary N) is 1. The first-order valence-corrected chi connectivity index (χ1v) is 9.68. The van der Waals surface area contributed by atoms with Gasteiger partial charge in [-0.05, 0) is 23.3 Å². The Bertz CT molecular complexity index is 792. The SMILES string of the molecule is O=C(SCc1ccc(OCc2cccc([N+](=O)[O-])c2)cc1)N1CCNCC1. The number of hydrogen-bond acceptors (Lipinski definition) is 6. The fourth-order valence-electron chi connectivity index (χ4n) is 2.69. The number of thioether (sulfide) groups is 1. The van der Waals surface area contributed by atoms with E-state index in [1.54, 1.807) is 12.1 Å². The highest BCUT2D eigenvalue weighted by atomic mass is 32.2. The van der Waals surface area contributed by atoms with Gasteiger partial charge in [-0.1, -0.05) is 36.0 Å². The standard InChI is InChI=1S/C19H21N3O4S/c23-19(21-10-8-20-9-11-21)27-14-15-4-6-18(7-5-15)26-13-16-2-1-3-17(12-16)22(24)25/h1-7,12,20H,8-11,13-14H2. The second-order valence-electron chi connectivity index (χ2n) is 6.15. The van der Waals surface area contributed by atoms with Gasteiger partial charge in [0.1, 0.15) is 12.4 Å². The van der Waals surface area contributed by atoms with Crippen LogP contribution in [0.1, 0.15) is 11.1 Å². The van der Waals surface area contributed by atoms with Gasteiger partial charge < -0.3 is 15.0 Å². The van der Waals surface area contributed by atoms with E-state index in [2.05, 4.69) is 5.32 Å². The Labute approximate surface area is 161 Å². The molecule has 0 aliphatic carbocycles. The summed E-state index contributed by atoms with van der Waals surface area (Å²) in [6.07, 6.45) is 0. The molecule has 1 aliphatic heterocycles. The molecule has 1 aliphatic rings. The minimum Gasteiger partial charge on any atom is -0.489 e. The van der Waals surface area contributed by atoms with E-state index in [4.69, 9.17) is 4.74 Å². The van der Waals surface area contributed by atoms with Crippen molar-refractivity contribution in [1.29, 1.82) is 0 Å². The van der Waals surface area contributed by atoms with Gasteiger partial charge in [-0.2, -0.15) is 0 Å². The van der Waals surface area contributed by atoms with Gasteiger partial charge in [0.2, 0.25) is 0 Å². The van der Waals surface area contributed by atoms with Crippen molar-refractivity contribution in [2.75, 3.05) is 26.2 Å². The monoisotopic (exact) mass is 387 g/mol. The van der Waals surface area contributed by atoms with Crippen molar-refractivity contribution < 1.29 is 14.5 Å². The summed E-state index contributed by atoms with van der Waals surface area (Å²) in [6, 6.07) is 14.0. The quantitative estimate of drug-likeness (QED) is 0.604. The number of amides is 1. The molecular formula is C19H21N3O4S. The third-order valence-corrected chi connectivity index (χ3v) is 5.17. The molecule has 3 rings (SSSR count). The molecule has 0 bridgehead atoms. The lowest BCUT2D eigenvalue weighted by Gasteiger charge is -2.26. The molecule has 142 valence electrons. The average Bonchev–Trinajstić information content (AvgIpc) is 2.72. The van der Waals surface area contributed by atoms with E-state index < -0.39 is 4.92 Å². The molecule has 0 atom stereocenters. The number of piperazine rings is 1. The van der Waals surface area contributed by atoms with Crippen molar-refractivity contribution in [2.45, 2.75) is 12.4 Å². The van der Waals surface area contributed by atoms with Crippen LogP contribution in [0.4, 0.5) is 10.5 Å². The number of nitro benzene ring substituents is 1. The van der Waals surface area contributed by atoms with Gasteiger partial charge >= 0.3 is 0 Å². The average molecular weight is 387 g/mol. The van der Waals surface area contributed by atoms with Gasteiger partial charge in [0.15, 0.2) is 0 Å². The van der Waals surface area contributed by atoms with E-state index in [0.29, 0.717) is 11.5 Å². The minimum absolute atomic E-state index is 0.0534. The normalized spacial score (nSPS) is 14.0. The van der Waals surface area contributed by atoms with Gasteiger partial charge in [0, 0.05) is 44.1 Å². The Kier molecular flexibility index (Phi) is 6.67. The predicted molar refractivity (Wildman–Crippen MR) is 105 cm³/mol. The molecule has 0 spiro atoms. The van der Waals surface area contributed by atoms with Crippen LogP contribution in [0.25, 0.3) is 0 Å². The number of carbonyl (C=O) groups excluding carboxylic acids is 1. The van der Waals surface area contributed by atoms with Gasteiger partial charge in [-0.3, -0.25) is 14.9 Å². The zero-order valence-corrected chi connectivity index (χ0v) is 15.6. The molecule has 2 aromatic rings. The summed E-state index contributed by atoms with van der Waals surface area (Å²) in [5.74, 6) is 1.30. The highest BCUT2D eigenvalue weighted by Crippen LogP contribution is 2.21. The lowest BCUT2D eigenvalue weighted by Crippen LogP contribution is -2.45. The van der Waals surface area contributed by atoms with Crippen molar-refractivity contribution in [1.82, 2.24) is 10.2 Å². The highest BCUT2D eigenvalue weighted by Gasteiger charge is 2.16. The molecule has 27 heavy (non-hydrogen) atoms. The molecule has 1 N–H and O–H groups in total. The van der Waals surface area contributed by atoms with Gasteiger partial charge in [0.25, 0.3) is 10.9 Å².